The van der Waals surface area contributed by atoms with Crippen LogP contribution >= 0.6 is 0 Å². The number of rotatable bonds is 20. The van der Waals surface area contributed by atoms with Gasteiger partial charge in [0.05, 0.1) is 45.3 Å². The number of benzene rings is 4. The van der Waals surface area contributed by atoms with Crippen molar-refractivity contribution in [2.24, 2.45) is 0 Å². The SMILES string of the molecule is O=C(O)CCNS(=O)(=O)c1ccc2c(c1)-c1nc3nc(nc4[nH]c(nc5[nH]c(nc-2n1)c1cc(S(=O)(=O)NCCC(=O)O)ccc51)c1cc(S(=O)(=O)NCCC(=O)O)ccc41)-c1cc(S(=O)(=O)NCCC(=O)O)ccc1-3.[Zn+2]. The van der Waals surface area contributed by atoms with E-state index >= 15 is 0 Å². The quantitative estimate of drug-likeness (QED) is 0.0487. The van der Waals surface area contributed by atoms with Gasteiger partial charge in [0, 0.05) is 70.0 Å². The first kappa shape index (κ1) is 55.6. The van der Waals surface area contributed by atoms with E-state index in [1.54, 1.807) is 0 Å². The maximum atomic E-state index is 13.5. The van der Waals surface area contributed by atoms with E-state index in [0.29, 0.717) is 0 Å². The number of fused-ring (bicyclic) bond motifs is 20. The molecule has 0 fully saturated rings. The minimum Gasteiger partial charge on any atom is -0.481 e. The number of aromatic nitrogens is 8. The third-order valence-corrected chi connectivity index (χ3v) is 17.3. The minimum atomic E-state index is -4.38. The van der Waals surface area contributed by atoms with Crippen LogP contribution in [0.25, 0.3) is 89.7 Å². The normalized spacial score (nSPS) is 12.5. The summed E-state index contributed by atoms with van der Waals surface area (Å²) < 4.78 is 117. The average Bonchev–Trinajstić information content (AvgIpc) is 4.13. The number of carboxylic acids is 4. The molecule has 8 bridgehead atoms. The summed E-state index contributed by atoms with van der Waals surface area (Å²) in [6.45, 7) is -1.83. The van der Waals surface area contributed by atoms with E-state index in [1.807, 2.05) is 0 Å². The van der Waals surface area contributed by atoms with Crippen LogP contribution in [0.4, 0.5) is 0 Å². The molecule has 0 amide bonds. The summed E-state index contributed by atoms with van der Waals surface area (Å²) in [7, 11) is -17.5. The van der Waals surface area contributed by atoms with Gasteiger partial charge in [-0.2, -0.15) is 0 Å². The number of sulfonamides is 4. The van der Waals surface area contributed by atoms with Crippen molar-refractivity contribution >= 4 is 108 Å². The molecule has 5 heterocycles. The molecule has 33 heteroatoms. The Bertz CT molecular complexity index is 4310. The van der Waals surface area contributed by atoms with E-state index in [9.17, 15) is 52.8 Å². The Morgan fingerprint density at radius 2 is 0.636 bits per heavy atom. The van der Waals surface area contributed by atoms with Gasteiger partial charge in [0.15, 0.2) is 23.3 Å². The Morgan fingerprint density at radius 1 is 0.364 bits per heavy atom. The van der Waals surface area contributed by atoms with Gasteiger partial charge in [-0.1, -0.05) is 0 Å². The fraction of sp³-hybridized carbons (Fsp3) is 0.182. The molecular weight excluding hydrogens is 1150 g/mol. The topological polar surface area (TPSA) is 443 Å². The van der Waals surface area contributed by atoms with E-state index < -0.39 is 116 Å². The maximum Gasteiger partial charge on any atom is 2.00 e. The van der Waals surface area contributed by atoms with Crippen molar-refractivity contribution in [3.63, 3.8) is 0 Å². The van der Waals surface area contributed by atoms with Crippen LogP contribution in [-0.2, 0) is 78.7 Å². The summed E-state index contributed by atoms with van der Waals surface area (Å²) in [5, 5.41) is 37.2. The molecule has 2 aliphatic rings. The van der Waals surface area contributed by atoms with Crippen LogP contribution in [0.5, 0.6) is 0 Å². The number of aliphatic carboxylic acids is 4. The van der Waals surface area contributed by atoms with Gasteiger partial charge in [-0.15, -0.1) is 0 Å². The van der Waals surface area contributed by atoms with Crippen molar-refractivity contribution in [1.82, 2.24) is 58.8 Å². The molecule has 0 atom stereocenters. The minimum absolute atomic E-state index is 0. The Kier molecular flexibility index (Phi) is 15.5. The molecule has 0 saturated heterocycles. The Hall–Kier alpha value is -7.62. The zero-order valence-corrected chi connectivity index (χ0v) is 45.5. The predicted molar refractivity (Wildman–Crippen MR) is 266 cm³/mol. The number of hydrogen-bond acceptors (Lipinski definition) is 18. The molecule has 0 aliphatic carbocycles. The monoisotopic (exact) mass is 1180 g/mol. The van der Waals surface area contributed by atoms with Gasteiger partial charge in [0.1, 0.15) is 22.6 Å². The van der Waals surface area contributed by atoms with Gasteiger partial charge in [0.2, 0.25) is 40.1 Å². The van der Waals surface area contributed by atoms with Crippen LogP contribution in [0, 0.1) is 0 Å². The smallest absolute Gasteiger partial charge is 0.481 e. The molecule has 0 radical (unpaired) electrons. The van der Waals surface area contributed by atoms with E-state index in [-0.39, 0.29) is 129 Å². The summed E-state index contributed by atoms with van der Waals surface area (Å²) in [5.41, 5.74) is 0.232. The molecule has 28 nitrogen and oxygen atoms in total. The zero-order valence-electron chi connectivity index (χ0n) is 39.3. The molecule has 77 heavy (non-hydrogen) atoms. The molecule has 0 saturated carbocycles. The Morgan fingerprint density at radius 3 is 1.00 bits per heavy atom. The third kappa shape index (κ3) is 11.7. The molecule has 0 unspecified atom stereocenters. The summed E-state index contributed by atoms with van der Waals surface area (Å²) >= 11 is 0. The molecule has 10 N–H and O–H groups in total. The Labute approximate surface area is 446 Å². The van der Waals surface area contributed by atoms with Crippen molar-refractivity contribution in [3.05, 3.63) is 72.8 Å². The number of carbonyl (C=O) groups is 4. The van der Waals surface area contributed by atoms with Crippen LogP contribution in [0.2, 0.25) is 0 Å². The summed E-state index contributed by atoms with van der Waals surface area (Å²) in [6, 6.07) is 15.1. The van der Waals surface area contributed by atoms with Crippen LogP contribution in [-0.4, -0.2) is 144 Å². The van der Waals surface area contributed by atoms with Crippen molar-refractivity contribution < 1.29 is 92.8 Å². The van der Waals surface area contributed by atoms with E-state index in [0.717, 1.165) is 0 Å². The second-order valence-electron chi connectivity index (χ2n) is 16.6. The second-order valence-corrected chi connectivity index (χ2v) is 23.7. The first-order chi connectivity index (χ1) is 35.9. The van der Waals surface area contributed by atoms with E-state index in [2.05, 4.69) is 38.8 Å². The number of aromatic amines is 2. The number of carboxylic acid groups (broad SMARTS) is 4. The van der Waals surface area contributed by atoms with Crippen molar-refractivity contribution in [2.75, 3.05) is 26.2 Å². The second kappa shape index (κ2) is 21.4. The van der Waals surface area contributed by atoms with Gasteiger partial charge in [-0.05, 0) is 72.8 Å². The van der Waals surface area contributed by atoms with Crippen molar-refractivity contribution in [1.29, 1.82) is 0 Å². The molecule has 394 valence electrons. The van der Waals surface area contributed by atoms with E-state index in [1.165, 1.54) is 72.8 Å². The average molecular weight is 1180 g/mol. The van der Waals surface area contributed by atoms with Gasteiger partial charge in [-0.3, -0.25) is 19.2 Å². The van der Waals surface area contributed by atoms with Crippen LogP contribution in [0.3, 0.4) is 0 Å². The van der Waals surface area contributed by atoms with Gasteiger partial charge in [-0.25, -0.2) is 82.5 Å². The molecule has 3 aromatic heterocycles. The Balaban J connectivity index is 0.00000784. The standard InChI is InChI=1S/C44H38N12O16S4.Zn/c57-33(58)9-13-45-73(65,66)21-1-5-25-29(17-21)41-49-37(25)53-42-30-18-22(74(67,68)46-14-10-34(59)60)2-6-26(30)39(50-42)55-44-32-20-24(76(71,72)48-16-12-36(63)64)4-8-28(32)40(52-44)56-43-31-19-23(3-7-27(31)38(51-43)54-41)75(69,70)47-15-11-35(61)62;/h1-8,17-20,45-48H,9-16H2,(H,57,58)(H,59,60)(H,61,62)(H,63,64)(H2,49,50,51,52,53,54,55,56);/q;+2. The number of nitrogens with one attached hydrogen (secondary N) is 6. The molecule has 0 spiro atoms. The van der Waals surface area contributed by atoms with Gasteiger partial charge >= 0.3 is 43.4 Å². The number of nitrogens with zero attached hydrogens (tertiary/aromatic N) is 6. The summed E-state index contributed by atoms with van der Waals surface area (Å²) in [4.78, 5) is 78.2. The fourth-order valence-corrected chi connectivity index (χ4v) is 12.1. The van der Waals surface area contributed by atoms with Gasteiger partial charge < -0.3 is 30.4 Å². The van der Waals surface area contributed by atoms with Crippen molar-refractivity contribution in [2.45, 2.75) is 45.3 Å². The molecule has 2 aliphatic heterocycles. The maximum absolute atomic E-state index is 13.5. The van der Waals surface area contributed by atoms with Gasteiger partial charge in [0.25, 0.3) is 0 Å². The number of hydrogen-bond donors (Lipinski definition) is 10. The van der Waals surface area contributed by atoms with Crippen LogP contribution < -0.4 is 18.9 Å². The fourth-order valence-electron chi connectivity index (χ4n) is 7.88. The van der Waals surface area contributed by atoms with Crippen LogP contribution in [0.1, 0.15) is 25.7 Å². The largest absolute Gasteiger partial charge is 2.00 e. The number of H-pyrrole nitrogens is 2. The molecular formula is C44H38N12O16S4Zn+2. The van der Waals surface area contributed by atoms with Crippen LogP contribution in [0.15, 0.2) is 92.4 Å². The molecule has 9 rings (SSSR count). The zero-order chi connectivity index (χ0) is 54.5. The predicted octanol–water partition coefficient (Wildman–Crippen LogP) is 1.88. The first-order valence-corrected chi connectivity index (χ1v) is 28.1. The molecule has 4 aromatic carbocycles. The summed E-state index contributed by atoms with van der Waals surface area (Å²) in [6.07, 6.45) is -2.14. The summed E-state index contributed by atoms with van der Waals surface area (Å²) in [5.74, 6) is -5.72. The third-order valence-electron chi connectivity index (χ3n) is 11.5. The molecule has 7 aromatic rings. The first-order valence-electron chi connectivity index (χ1n) is 22.1. The van der Waals surface area contributed by atoms with E-state index in [4.69, 9.17) is 40.4 Å². The van der Waals surface area contributed by atoms with Crippen molar-refractivity contribution in [3.8, 4) is 45.6 Å².